The Kier molecular flexibility index (Phi) is 4.38. The molecule has 1 unspecified atom stereocenters. The smallest absolute Gasteiger partial charge is 0.138 e. The molecule has 0 saturated heterocycles. The van der Waals surface area contributed by atoms with Crippen molar-refractivity contribution in [2.75, 3.05) is 4.90 Å². The maximum Gasteiger partial charge on any atom is 0.138 e. The van der Waals surface area contributed by atoms with Crippen LogP contribution in [0.5, 0.6) is 0 Å². The molecule has 2 nitrogen and oxygen atoms in total. The van der Waals surface area contributed by atoms with Gasteiger partial charge in [0.1, 0.15) is 6.17 Å². The van der Waals surface area contributed by atoms with Gasteiger partial charge in [-0.2, -0.15) is 0 Å². The highest BCUT2D eigenvalue weighted by molar-refractivity contribution is 14.1. The van der Waals surface area contributed by atoms with Crippen LogP contribution in [0.1, 0.15) is 48.5 Å². The third-order valence-electron chi connectivity index (χ3n) is 7.59. The predicted octanol–water partition coefficient (Wildman–Crippen LogP) is 8.60. The van der Waals surface area contributed by atoms with E-state index in [2.05, 4.69) is 118 Å². The van der Waals surface area contributed by atoms with E-state index in [1.807, 2.05) is 0 Å². The molecule has 4 aromatic rings. The number of allylic oxidation sites excluding steroid dienone is 2. The van der Waals surface area contributed by atoms with Crippen LogP contribution < -0.4 is 4.90 Å². The Balaban J connectivity index is 1.64. The molecule has 0 fully saturated rings. The standard InChI is InChI=1S/C30H25IN2/c1-19-21-13-7-9-17-25(21)32-28(19)24-16-8-10-18-26(24)33-29(20-11-3-2-4-12-20)27(31)22-14-5-6-15-23(22)30(32)33/h5-11,13-18,30H,2-4,12H2,1H3. The van der Waals surface area contributed by atoms with Gasteiger partial charge in [-0.15, -0.1) is 0 Å². The molecular formula is C30H25IN2. The number of benzene rings is 3. The summed E-state index contributed by atoms with van der Waals surface area (Å²) in [5.41, 5.74) is 12.4. The first-order valence-electron chi connectivity index (χ1n) is 11.9. The number of fused-ring (bicyclic) bond motifs is 10. The van der Waals surface area contributed by atoms with Crippen molar-refractivity contribution in [3.8, 4) is 11.3 Å². The summed E-state index contributed by atoms with van der Waals surface area (Å²) >= 11 is 2.61. The lowest BCUT2D eigenvalue weighted by atomic mass is 9.88. The van der Waals surface area contributed by atoms with Crippen LogP contribution in [-0.4, -0.2) is 4.57 Å². The van der Waals surface area contributed by atoms with E-state index in [0.29, 0.717) is 0 Å². The van der Waals surface area contributed by atoms with Crippen molar-refractivity contribution in [2.24, 2.45) is 0 Å². The van der Waals surface area contributed by atoms with E-state index < -0.39 is 0 Å². The first kappa shape index (κ1) is 19.7. The molecule has 0 saturated carbocycles. The summed E-state index contributed by atoms with van der Waals surface area (Å²) in [7, 11) is 0. The lowest BCUT2D eigenvalue weighted by molar-refractivity contribution is 0.576. The fraction of sp³-hybridized carbons (Fsp3) is 0.200. The van der Waals surface area contributed by atoms with Crippen molar-refractivity contribution in [2.45, 2.75) is 38.8 Å². The zero-order chi connectivity index (χ0) is 22.1. The molecule has 0 N–H and O–H groups in total. The number of hydrogen-bond acceptors (Lipinski definition) is 1. The van der Waals surface area contributed by atoms with Gasteiger partial charge in [-0.05, 0) is 84.0 Å². The lowest BCUT2D eigenvalue weighted by Crippen LogP contribution is -2.40. The van der Waals surface area contributed by atoms with Gasteiger partial charge < -0.3 is 9.47 Å². The Hall–Kier alpha value is -2.79. The highest BCUT2D eigenvalue weighted by Gasteiger charge is 2.41. The Morgan fingerprint density at radius 3 is 2.45 bits per heavy atom. The summed E-state index contributed by atoms with van der Waals surface area (Å²) in [6.07, 6.45) is 7.53. The number of halogens is 1. The van der Waals surface area contributed by atoms with Gasteiger partial charge in [0.05, 0.1) is 22.6 Å². The van der Waals surface area contributed by atoms with E-state index in [4.69, 9.17) is 0 Å². The quantitative estimate of drug-likeness (QED) is 0.220. The molecular weight excluding hydrogens is 515 g/mol. The number of aromatic nitrogens is 1. The van der Waals surface area contributed by atoms with E-state index >= 15 is 0 Å². The lowest BCUT2D eigenvalue weighted by Gasteiger charge is -2.47. The van der Waals surface area contributed by atoms with Crippen molar-refractivity contribution in [3.63, 3.8) is 0 Å². The molecule has 3 heteroatoms. The Labute approximate surface area is 208 Å². The first-order chi connectivity index (χ1) is 16.3. The molecule has 3 heterocycles. The van der Waals surface area contributed by atoms with E-state index in [1.54, 1.807) is 0 Å². The molecule has 0 radical (unpaired) electrons. The Morgan fingerprint density at radius 2 is 1.61 bits per heavy atom. The minimum atomic E-state index is 0.112. The molecule has 3 aromatic carbocycles. The van der Waals surface area contributed by atoms with Crippen LogP contribution in [0.3, 0.4) is 0 Å². The third kappa shape index (κ3) is 2.66. The summed E-state index contributed by atoms with van der Waals surface area (Å²) < 4.78 is 3.98. The molecule has 0 amide bonds. The first-order valence-corrected chi connectivity index (χ1v) is 13.0. The fourth-order valence-electron chi connectivity index (χ4n) is 6.17. The monoisotopic (exact) mass is 540 g/mol. The van der Waals surface area contributed by atoms with Crippen molar-refractivity contribution in [1.29, 1.82) is 0 Å². The van der Waals surface area contributed by atoms with Crippen molar-refractivity contribution < 1.29 is 0 Å². The van der Waals surface area contributed by atoms with Gasteiger partial charge in [-0.25, -0.2) is 0 Å². The third-order valence-corrected chi connectivity index (χ3v) is 8.68. The van der Waals surface area contributed by atoms with Crippen LogP contribution >= 0.6 is 22.6 Å². The summed E-state index contributed by atoms with van der Waals surface area (Å²) in [4.78, 5) is 2.65. The van der Waals surface area contributed by atoms with Gasteiger partial charge in [-0.1, -0.05) is 66.7 Å². The minimum Gasteiger partial charge on any atom is -0.315 e. The molecule has 0 spiro atoms. The van der Waals surface area contributed by atoms with Crippen molar-refractivity contribution in [3.05, 3.63) is 107 Å². The van der Waals surface area contributed by atoms with Crippen molar-refractivity contribution in [1.82, 2.24) is 4.57 Å². The Morgan fingerprint density at radius 1 is 0.848 bits per heavy atom. The summed E-state index contributed by atoms with van der Waals surface area (Å²) in [5, 5.41) is 1.35. The predicted molar refractivity (Wildman–Crippen MR) is 147 cm³/mol. The van der Waals surface area contributed by atoms with Gasteiger partial charge in [-0.3, -0.25) is 0 Å². The van der Waals surface area contributed by atoms with Gasteiger partial charge in [0.15, 0.2) is 0 Å². The van der Waals surface area contributed by atoms with Crippen LogP contribution in [0.4, 0.5) is 5.69 Å². The molecule has 3 aliphatic rings. The minimum absolute atomic E-state index is 0.112. The van der Waals surface area contributed by atoms with Gasteiger partial charge in [0.2, 0.25) is 0 Å². The van der Waals surface area contributed by atoms with E-state index in [-0.39, 0.29) is 6.17 Å². The van der Waals surface area contributed by atoms with Gasteiger partial charge in [0.25, 0.3) is 0 Å². The molecule has 1 aliphatic carbocycles. The highest BCUT2D eigenvalue weighted by atomic mass is 127. The average molecular weight is 540 g/mol. The second kappa shape index (κ2) is 7.36. The van der Waals surface area contributed by atoms with E-state index in [0.717, 1.165) is 6.42 Å². The number of aryl methyl sites for hydroxylation is 1. The van der Waals surface area contributed by atoms with Crippen LogP contribution in [-0.2, 0) is 0 Å². The molecule has 1 atom stereocenters. The molecule has 0 bridgehead atoms. The number of rotatable bonds is 1. The zero-order valence-electron chi connectivity index (χ0n) is 18.7. The normalized spacial score (nSPS) is 19.0. The Bertz CT molecular complexity index is 1500. The van der Waals surface area contributed by atoms with Crippen LogP contribution in [0, 0.1) is 6.92 Å². The number of nitrogens with zero attached hydrogens (tertiary/aromatic N) is 2. The summed E-state index contributed by atoms with van der Waals surface area (Å²) in [5.74, 6) is 0. The van der Waals surface area contributed by atoms with Crippen LogP contribution in [0.2, 0.25) is 0 Å². The van der Waals surface area contributed by atoms with Crippen molar-refractivity contribution >= 4 is 42.8 Å². The largest absolute Gasteiger partial charge is 0.315 e. The maximum absolute atomic E-state index is 2.65. The summed E-state index contributed by atoms with van der Waals surface area (Å²) in [6.45, 7) is 2.29. The molecule has 2 aliphatic heterocycles. The van der Waals surface area contributed by atoms with Gasteiger partial charge >= 0.3 is 0 Å². The second-order valence-electron chi connectivity index (χ2n) is 9.35. The van der Waals surface area contributed by atoms with E-state index in [9.17, 15) is 0 Å². The fourth-order valence-corrected chi connectivity index (χ4v) is 7.27. The van der Waals surface area contributed by atoms with Crippen LogP contribution in [0.25, 0.3) is 25.7 Å². The maximum atomic E-state index is 2.65. The molecule has 7 rings (SSSR count). The second-order valence-corrected chi connectivity index (χ2v) is 10.4. The molecule has 162 valence electrons. The average Bonchev–Trinajstić information content (AvgIpc) is 3.17. The van der Waals surface area contributed by atoms with E-state index in [1.165, 1.54) is 78.7 Å². The van der Waals surface area contributed by atoms with Gasteiger partial charge in [0, 0.05) is 20.1 Å². The highest BCUT2D eigenvalue weighted by Crippen LogP contribution is 2.55. The number of para-hydroxylation sites is 2. The topological polar surface area (TPSA) is 8.17 Å². The molecule has 33 heavy (non-hydrogen) atoms. The zero-order valence-corrected chi connectivity index (χ0v) is 20.8. The molecule has 1 aromatic heterocycles. The SMILES string of the molecule is Cc1c2n(c3ccccc13)C1c3ccccc3C(I)=C(C3=CCCCC3)N1c1ccccc1-2. The number of anilines is 1. The van der Waals surface area contributed by atoms with Crippen LogP contribution in [0.15, 0.2) is 90.1 Å². The number of hydrogen-bond donors (Lipinski definition) is 0. The summed E-state index contributed by atoms with van der Waals surface area (Å²) in [6, 6.07) is 27.0.